The van der Waals surface area contributed by atoms with E-state index in [1.165, 1.54) is 5.56 Å². The van der Waals surface area contributed by atoms with Crippen LogP contribution in [0.1, 0.15) is 40.1 Å². The van der Waals surface area contributed by atoms with Crippen molar-refractivity contribution in [3.63, 3.8) is 0 Å². The molecule has 1 amide bonds. The number of pyridine rings is 1. The number of thiophene rings is 1. The monoisotopic (exact) mass is 300 g/mol. The standard InChI is InChI=1S/C17H20N2OS/c1-13-8-12-21-16(13)17(20)19-11-2-3-15(19)5-4-14-6-9-18-10-7-14/h6-10,12,15H,2-5,11H2,1H3/t15-/m0/s1. The van der Waals surface area contributed by atoms with E-state index in [0.717, 1.165) is 42.7 Å². The fourth-order valence-corrected chi connectivity index (χ4v) is 3.89. The average molecular weight is 300 g/mol. The van der Waals surface area contributed by atoms with E-state index in [-0.39, 0.29) is 5.91 Å². The number of nitrogens with zero attached hydrogens (tertiary/aromatic N) is 2. The zero-order chi connectivity index (χ0) is 14.7. The number of carbonyl (C=O) groups is 1. The molecule has 1 fully saturated rings. The second-order valence-electron chi connectivity index (χ2n) is 5.62. The molecule has 1 atom stereocenters. The Balaban J connectivity index is 1.65. The summed E-state index contributed by atoms with van der Waals surface area (Å²) in [5.41, 5.74) is 2.40. The Kier molecular flexibility index (Phi) is 4.34. The molecule has 2 aromatic heterocycles. The number of hydrogen-bond donors (Lipinski definition) is 0. The van der Waals surface area contributed by atoms with Crippen LogP contribution in [0.15, 0.2) is 36.0 Å². The Labute approximate surface area is 129 Å². The van der Waals surface area contributed by atoms with Crippen LogP contribution >= 0.6 is 11.3 Å². The molecule has 4 heteroatoms. The van der Waals surface area contributed by atoms with Gasteiger partial charge in [-0.05, 0) is 67.3 Å². The number of amides is 1. The highest BCUT2D eigenvalue weighted by atomic mass is 32.1. The molecule has 0 aromatic carbocycles. The van der Waals surface area contributed by atoms with Gasteiger partial charge in [0.15, 0.2) is 0 Å². The van der Waals surface area contributed by atoms with E-state index in [2.05, 4.69) is 22.0 Å². The Morgan fingerprint density at radius 2 is 2.19 bits per heavy atom. The van der Waals surface area contributed by atoms with Gasteiger partial charge in [-0.1, -0.05) is 0 Å². The molecule has 2 aromatic rings. The normalized spacial score (nSPS) is 18.1. The molecule has 1 aliphatic rings. The van der Waals surface area contributed by atoms with Gasteiger partial charge in [-0.25, -0.2) is 0 Å². The molecule has 1 aliphatic heterocycles. The maximum Gasteiger partial charge on any atom is 0.264 e. The molecule has 3 rings (SSSR count). The Bertz CT molecular complexity index is 608. The lowest BCUT2D eigenvalue weighted by molar-refractivity contribution is 0.0735. The molecule has 21 heavy (non-hydrogen) atoms. The summed E-state index contributed by atoms with van der Waals surface area (Å²) in [6.45, 7) is 2.92. The van der Waals surface area contributed by atoms with Crippen molar-refractivity contribution in [3.8, 4) is 0 Å². The summed E-state index contributed by atoms with van der Waals surface area (Å²) in [6.07, 6.45) is 7.98. The zero-order valence-electron chi connectivity index (χ0n) is 12.3. The van der Waals surface area contributed by atoms with Crippen molar-refractivity contribution in [1.29, 1.82) is 0 Å². The molecule has 0 saturated carbocycles. The molecule has 1 saturated heterocycles. The first-order valence-corrected chi connectivity index (χ1v) is 8.37. The van der Waals surface area contributed by atoms with E-state index in [1.54, 1.807) is 11.3 Å². The molecule has 0 radical (unpaired) electrons. The van der Waals surface area contributed by atoms with Crippen LogP contribution in [0.5, 0.6) is 0 Å². The summed E-state index contributed by atoms with van der Waals surface area (Å²) in [5.74, 6) is 0.222. The van der Waals surface area contributed by atoms with E-state index < -0.39 is 0 Å². The number of hydrogen-bond acceptors (Lipinski definition) is 3. The predicted molar refractivity (Wildman–Crippen MR) is 85.7 cm³/mol. The molecule has 0 N–H and O–H groups in total. The topological polar surface area (TPSA) is 33.2 Å². The van der Waals surface area contributed by atoms with E-state index in [4.69, 9.17) is 0 Å². The molecule has 0 spiro atoms. The smallest absolute Gasteiger partial charge is 0.264 e. The summed E-state index contributed by atoms with van der Waals surface area (Å²) in [4.78, 5) is 19.7. The summed E-state index contributed by atoms with van der Waals surface area (Å²) in [5, 5.41) is 2.00. The summed E-state index contributed by atoms with van der Waals surface area (Å²) >= 11 is 1.56. The van der Waals surface area contributed by atoms with E-state index >= 15 is 0 Å². The van der Waals surface area contributed by atoms with Crippen LogP contribution in [-0.4, -0.2) is 28.4 Å². The van der Waals surface area contributed by atoms with Crippen molar-refractivity contribution >= 4 is 17.2 Å². The summed E-state index contributed by atoms with van der Waals surface area (Å²) in [6, 6.07) is 6.53. The van der Waals surface area contributed by atoms with Crippen LogP contribution in [0.4, 0.5) is 0 Å². The Hall–Kier alpha value is -1.68. The van der Waals surface area contributed by atoms with Gasteiger partial charge < -0.3 is 4.90 Å². The van der Waals surface area contributed by atoms with Crippen molar-refractivity contribution in [2.24, 2.45) is 0 Å². The number of aromatic nitrogens is 1. The van der Waals surface area contributed by atoms with E-state index in [9.17, 15) is 4.79 Å². The quantitative estimate of drug-likeness (QED) is 0.863. The molecular formula is C17H20N2OS. The van der Waals surface area contributed by atoms with Crippen molar-refractivity contribution in [3.05, 3.63) is 52.0 Å². The van der Waals surface area contributed by atoms with Crippen molar-refractivity contribution in [2.75, 3.05) is 6.54 Å². The largest absolute Gasteiger partial charge is 0.335 e. The van der Waals surface area contributed by atoms with Gasteiger partial charge in [-0.15, -0.1) is 11.3 Å². The number of aryl methyl sites for hydroxylation is 2. The van der Waals surface area contributed by atoms with Crippen LogP contribution in [-0.2, 0) is 6.42 Å². The van der Waals surface area contributed by atoms with Gasteiger partial charge in [0.1, 0.15) is 0 Å². The lowest BCUT2D eigenvalue weighted by Gasteiger charge is -2.24. The highest BCUT2D eigenvalue weighted by Gasteiger charge is 2.30. The minimum Gasteiger partial charge on any atom is -0.335 e. The molecule has 3 nitrogen and oxygen atoms in total. The van der Waals surface area contributed by atoms with Crippen LogP contribution < -0.4 is 0 Å². The molecule has 0 aliphatic carbocycles. The fourth-order valence-electron chi connectivity index (χ4n) is 3.01. The summed E-state index contributed by atoms with van der Waals surface area (Å²) < 4.78 is 0. The Morgan fingerprint density at radius 3 is 2.90 bits per heavy atom. The molecule has 0 bridgehead atoms. The van der Waals surface area contributed by atoms with Gasteiger partial charge in [-0.2, -0.15) is 0 Å². The third kappa shape index (κ3) is 3.16. The number of rotatable bonds is 4. The molecular weight excluding hydrogens is 280 g/mol. The van der Waals surface area contributed by atoms with Gasteiger partial charge in [-0.3, -0.25) is 9.78 Å². The van der Waals surface area contributed by atoms with Crippen LogP contribution in [0, 0.1) is 6.92 Å². The molecule has 3 heterocycles. The number of likely N-dealkylation sites (tertiary alicyclic amines) is 1. The van der Waals surface area contributed by atoms with Gasteiger partial charge >= 0.3 is 0 Å². The van der Waals surface area contributed by atoms with Gasteiger partial charge in [0.05, 0.1) is 4.88 Å². The first-order valence-electron chi connectivity index (χ1n) is 7.49. The van der Waals surface area contributed by atoms with Crippen molar-refractivity contribution < 1.29 is 4.79 Å². The first kappa shape index (κ1) is 14.3. The van der Waals surface area contributed by atoms with E-state index in [0.29, 0.717) is 6.04 Å². The third-order valence-corrected chi connectivity index (χ3v) is 5.21. The lowest BCUT2D eigenvalue weighted by atomic mass is 10.0. The number of carbonyl (C=O) groups excluding carboxylic acids is 1. The highest BCUT2D eigenvalue weighted by molar-refractivity contribution is 7.12. The molecule has 110 valence electrons. The van der Waals surface area contributed by atoms with Crippen molar-refractivity contribution in [2.45, 2.75) is 38.6 Å². The predicted octanol–water partition coefficient (Wildman–Crippen LogP) is 3.69. The van der Waals surface area contributed by atoms with Gasteiger partial charge in [0.25, 0.3) is 5.91 Å². The highest BCUT2D eigenvalue weighted by Crippen LogP contribution is 2.26. The Morgan fingerprint density at radius 1 is 1.38 bits per heavy atom. The maximum atomic E-state index is 12.7. The van der Waals surface area contributed by atoms with E-state index in [1.807, 2.05) is 30.8 Å². The van der Waals surface area contributed by atoms with Gasteiger partial charge in [0.2, 0.25) is 0 Å². The second-order valence-corrected chi connectivity index (χ2v) is 6.54. The van der Waals surface area contributed by atoms with Crippen LogP contribution in [0.3, 0.4) is 0 Å². The van der Waals surface area contributed by atoms with Crippen molar-refractivity contribution in [1.82, 2.24) is 9.88 Å². The lowest BCUT2D eigenvalue weighted by Crippen LogP contribution is -2.35. The zero-order valence-corrected chi connectivity index (χ0v) is 13.1. The minimum absolute atomic E-state index is 0.222. The third-order valence-electron chi connectivity index (χ3n) is 4.21. The fraction of sp³-hybridized carbons (Fsp3) is 0.412. The van der Waals surface area contributed by atoms with Crippen LogP contribution in [0.25, 0.3) is 0 Å². The summed E-state index contributed by atoms with van der Waals surface area (Å²) in [7, 11) is 0. The van der Waals surface area contributed by atoms with Crippen LogP contribution in [0.2, 0.25) is 0 Å². The maximum absolute atomic E-state index is 12.7. The van der Waals surface area contributed by atoms with Gasteiger partial charge in [0, 0.05) is 25.0 Å². The minimum atomic E-state index is 0.222. The average Bonchev–Trinajstić information content (AvgIpc) is 3.14. The molecule has 0 unspecified atom stereocenters. The second kappa shape index (κ2) is 6.39. The SMILES string of the molecule is Cc1ccsc1C(=O)N1CCC[C@H]1CCc1ccncc1. The first-order chi connectivity index (χ1) is 10.3.